The summed E-state index contributed by atoms with van der Waals surface area (Å²) in [5, 5.41) is 0.623. The molecule has 0 amide bonds. The molecule has 0 spiro atoms. The molecular formula is C11H18ClN3. The zero-order valence-corrected chi connectivity index (χ0v) is 9.96. The van der Waals surface area contributed by atoms with Gasteiger partial charge in [0.25, 0.3) is 0 Å². The molecule has 0 aromatic carbocycles. The van der Waals surface area contributed by atoms with Crippen molar-refractivity contribution in [3.63, 3.8) is 0 Å². The molecule has 1 atom stereocenters. The van der Waals surface area contributed by atoms with Gasteiger partial charge in [-0.05, 0) is 30.4 Å². The molecule has 1 rings (SSSR count). The number of nitrogens with two attached hydrogens (primary N) is 2. The van der Waals surface area contributed by atoms with Crippen molar-refractivity contribution >= 4 is 17.4 Å². The highest BCUT2D eigenvalue weighted by Crippen LogP contribution is 2.17. The predicted octanol–water partition coefficient (Wildman–Crippen LogP) is 2.23. The van der Waals surface area contributed by atoms with Gasteiger partial charge < -0.3 is 11.5 Å². The molecule has 0 aliphatic heterocycles. The van der Waals surface area contributed by atoms with E-state index in [9.17, 15) is 0 Å². The van der Waals surface area contributed by atoms with E-state index in [1.54, 1.807) is 6.20 Å². The number of halogens is 1. The lowest BCUT2D eigenvalue weighted by molar-refractivity contribution is 0.464. The van der Waals surface area contributed by atoms with E-state index in [0.29, 0.717) is 16.8 Å². The molecule has 0 radical (unpaired) electrons. The number of anilines is 1. The quantitative estimate of drug-likeness (QED) is 0.829. The molecule has 0 saturated carbocycles. The van der Waals surface area contributed by atoms with Gasteiger partial charge in [-0.25, -0.2) is 4.98 Å². The second-order valence-electron chi connectivity index (χ2n) is 4.14. The van der Waals surface area contributed by atoms with Crippen LogP contribution in [-0.4, -0.2) is 11.0 Å². The number of hydrogen-bond donors (Lipinski definition) is 2. The van der Waals surface area contributed by atoms with Crippen molar-refractivity contribution in [3.8, 4) is 0 Å². The zero-order valence-electron chi connectivity index (χ0n) is 9.20. The predicted molar refractivity (Wildman–Crippen MR) is 64.8 cm³/mol. The Hall–Kier alpha value is -0.800. The smallest absolute Gasteiger partial charge is 0.126 e. The summed E-state index contributed by atoms with van der Waals surface area (Å²) in [7, 11) is 0. The van der Waals surface area contributed by atoms with Crippen LogP contribution < -0.4 is 11.5 Å². The van der Waals surface area contributed by atoms with Gasteiger partial charge in [0, 0.05) is 12.2 Å². The number of nitrogens with zero attached hydrogens (tertiary/aromatic N) is 1. The average molecular weight is 228 g/mol. The first kappa shape index (κ1) is 12.3. The summed E-state index contributed by atoms with van der Waals surface area (Å²) in [4.78, 5) is 4.01. The highest BCUT2D eigenvalue weighted by molar-refractivity contribution is 6.30. The lowest BCUT2D eigenvalue weighted by atomic mass is 9.98. The maximum Gasteiger partial charge on any atom is 0.126 e. The van der Waals surface area contributed by atoms with E-state index in [0.717, 1.165) is 18.4 Å². The molecule has 0 aliphatic rings. The van der Waals surface area contributed by atoms with E-state index in [-0.39, 0.29) is 6.04 Å². The molecule has 1 aromatic heterocycles. The second kappa shape index (κ2) is 5.33. The number of aryl methyl sites for hydroxylation is 1. The van der Waals surface area contributed by atoms with E-state index in [1.165, 1.54) is 0 Å². The molecule has 0 aliphatic carbocycles. The van der Waals surface area contributed by atoms with Crippen LogP contribution in [0.15, 0.2) is 12.3 Å². The van der Waals surface area contributed by atoms with Crippen LogP contribution in [0, 0.1) is 5.92 Å². The number of aromatic nitrogens is 1. The summed E-state index contributed by atoms with van der Waals surface area (Å²) < 4.78 is 0. The highest BCUT2D eigenvalue weighted by atomic mass is 35.5. The van der Waals surface area contributed by atoms with Crippen molar-refractivity contribution in [1.82, 2.24) is 4.98 Å². The molecular weight excluding hydrogens is 210 g/mol. The highest BCUT2D eigenvalue weighted by Gasteiger charge is 2.09. The topological polar surface area (TPSA) is 64.9 Å². The maximum absolute atomic E-state index is 5.96. The minimum atomic E-state index is 0.198. The van der Waals surface area contributed by atoms with E-state index in [1.807, 2.05) is 6.07 Å². The first-order chi connectivity index (χ1) is 7.00. The van der Waals surface area contributed by atoms with E-state index < -0.39 is 0 Å². The minimum Gasteiger partial charge on any atom is -0.383 e. The standard InChI is InChI=1S/C11H18ClN3/c1-7(2)10(13)4-3-8-5-9(12)6-15-11(8)14/h5-7,10H,3-4,13H2,1-2H3,(H2,14,15). The second-order valence-corrected chi connectivity index (χ2v) is 4.58. The van der Waals surface area contributed by atoms with Crippen LogP contribution in [0.5, 0.6) is 0 Å². The first-order valence-electron chi connectivity index (χ1n) is 5.16. The molecule has 84 valence electrons. The zero-order chi connectivity index (χ0) is 11.4. The van der Waals surface area contributed by atoms with Gasteiger partial charge in [0.1, 0.15) is 5.82 Å². The normalized spacial score (nSPS) is 13.1. The Labute approximate surface area is 95.8 Å². The summed E-state index contributed by atoms with van der Waals surface area (Å²) in [5.41, 5.74) is 12.7. The third kappa shape index (κ3) is 3.68. The van der Waals surface area contributed by atoms with Gasteiger partial charge >= 0.3 is 0 Å². The molecule has 4 heteroatoms. The Kier molecular flexibility index (Phi) is 4.36. The molecule has 0 fully saturated rings. The molecule has 1 heterocycles. The fourth-order valence-electron chi connectivity index (χ4n) is 1.35. The fourth-order valence-corrected chi connectivity index (χ4v) is 1.53. The molecule has 4 N–H and O–H groups in total. The van der Waals surface area contributed by atoms with Crippen molar-refractivity contribution in [2.45, 2.75) is 32.7 Å². The lowest BCUT2D eigenvalue weighted by Crippen LogP contribution is -2.26. The SMILES string of the molecule is CC(C)C(N)CCc1cc(Cl)cnc1N. The van der Waals surface area contributed by atoms with Crippen LogP contribution in [-0.2, 0) is 6.42 Å². The molecule has 1 aromatic rings. The Bertz CT molecular complexity index is 326. The molecule has 0 bridgehead atoms. The van der Waals surface area contributed by atoms with Crippen LogP contribution >= 0.6 is 11.6 Å². The number of rotatable bonds is 4. The number of hydrogen-bond acceptors (Lipinski definition) is 3. The van der Waals surface area contributed by atoms with Crippen molar-refractivity contribution in [3.05, 3.63) is 22.8 Å². The van der Waals surface area contributed by atoms with Gasteiger partial charge in [0.15, 0.2) is 0 Å². The summed E-state index contributed by atoms with van der Waals surface area (Å²) in [5.74, 6) is 1.04. The minimum absolute atomic E-state index is 0.198. The Balaban J connectivity index is 2.61. The van der Waals surface area contributed by atoms with Crippen molar-refractivity contribution in [2.75, 3.05) is 5.73 Å². The van der Waals surface area contributed by atoms with Gasteiger partial charge in [0.05, 0.1) is 5.02 Å². The third-order valence-corrected chi connectivity index (χ3v) is 2.78. The van der Waals surface area contributed by atoms with Gasteiger partial charge in [-0.1, -0.05) is 25.4 Å². The van der Waals surface area contributed by atoms with Crippen molar-refractivity contribution in [2.24, 2.45) is 11.7 Å². The van der Waals surface area contributed by atoms with Gasteiger partial charge in [-0.2, -0.15) is 0 Å². The summed E-state index contributed by atoms with van der Waals surface area (Å²) in [6.07, 6.45) is 3.30. The Morgan fingerprint density at radius 2 is 2.13 bits per heavy atom. The first-order valence-corrected chi connectivity index (χ1v) is 5.54. The van der Waals surface area contributed by atoms with E-state index in [2.05, 4.69) is 18.8 Å². The summed E-state index contributed by atoms with van der Waals surface area (Å²) in [6, 6.07) is 2.06. The van der Waals surface area contributed by atoms with Crippen LogP contribution in [0.25, 0.3) is 0 Å². The van der Waals surface area contributed by atoms with Crippen LogP contribution in [0.2, 0.25) is 5.02 Å². The number of nitrogen functional groups attached to an aromatic ring is 1. The van der Waals surface area contributed by atoms with E-state index in [4.69, 9.17) is 23.1 Å². The van der Waals surface area contributed by atoms with Crippen LogP contribution in [0.4, 0.5) is 5.82 Å². The molecule has 15 heavy (non-hydrogen) atoms. The largest absolute Gasteiger partial charge is 0.383 e. The summed E-state index contributed by atoms with van der Waals surface area (Å²) in [6.45, 7) is 4.23. The van der Waals surface area contributed by atoms with Crippen molar-refractivity contribution < 1.29 is 0 Å². The molecule has 1 unspecified atom stereocenters. The van der Waals surface area contributed by atoms with Gasteiger partial charge in [0.2, 0.25) is 0 Å². The molecule has 0 saturated heterocycles. The van der Waals surface area contributed by atoms with E-state index >= 15 is 0 Å². The average Bonchev–Trinajstić information content (AvgIpc) is 2.18. The molecule has 3 nitrogen and oxygen atoms in total. The van der Waals surface area contributed by atoms with Gasteiger partial charge in [-0.15, -0.1) is 0 Å². The van der Waals surface area contributed by atoms with Crippen LogP contribution in [0.3, 0.4) is 0 Å². The van der Waals surface area contributed by atoms with Crippen molar-refractivity contribution in [1.29, 1.82) is 0 Å². The monoisotopic (exact) mass is 227 g/mol. The Morgan fingerprint density at radius 1 is 1.47 bits per heavy atom. The van der Waals surface area contributed by atoms with Crippen LogP contribution in [0.1, 0.15) is 25.8 Å². The number of pyridine rings is 1. The third-order valence-electron chi connectivity index (χ3n) is 2.57. The Morgan fingerprint density at radius 3 is 2.73 bits per heavy atom. The lowest BCUT2D eigenvalue weighted by Gasteiger charge is -2.15. The fraction of sp³-hybridized carbons (Fsp3) is 0.545. The van der Waals surface area contributed by atoms with Gasteiger partial charge in [-0.3, -0.25) is 0 Å². The summed E-state index contributed by atoms with van der Waals surface area (Å²) >= 11 is 5.85. The maximum atomic E-state index is 5.96.